The average Bonchev–Trinajstić information content (AvgIpc) is 2.82. The van der Waals surface area contributed by atoms with Gasteiger partial charge >= 0.3 is 10.1 Å². The molecule has 3 rings (SSSR count). The molecule has 0 aliphatic rings. The number of nitriles is 1. The molecule has 180 valence electrons. The van der Waals surface area contributed by atoms with E-state index in [0.717, 1.165) is 16.7 Å². The maximum absolute atomic E-state index is 12.8. The summed E-state index contributed by atoms with van der Waals surface area (Å²) in [5.41, 5.74) is 3.81. The van der Waals surface area contributed by atoms with Gasteiger partial charge in [-0.1, -0.05) is 29.8 Å². The number of carbonyl (C=O) groups excluding carboxylic acids is 1. The van der Waals surface area contributed by atoms with E-state index in [-0.39, 0.29) is 22.0 Å². The molecule has 0 saturated heterocycles. The zero-order valence-corrected chi connectivity index (χ0v) is 22.5. The van der Waals surface area contributed by atoms with Crippen molar-refractivity contribution in [3.63, 3.8) is 0 Å². The highest BCUT2D eigenvalue weighted by molar-refractivity contribution is 14.1. The standard InChI is InChI=1S/C26H23IN2O5S/c1-16-8-10-21(11-9-16)35(31,32)34-25-22(27)13-19(14-24(25)33-4)12-20(15-28)26(30)29-23-7-5-6-17(2)18(23)3/h5-14H,1-4H3,(H,29,30)/b20-12+. The fourth-order valence-corrected chi connectivity index (χ4v) is 5.00. The second-order valence-electron chi connectivity index (χ2n) is 7.76. The molecule has 0 fully saturated rings. The van der Waals surface area contributed by atoms with Crippen LogP contribution in [0.15, 0.2) is 65.1 Å². The van der Waals surface area contributed by atoms with E-state index in [9.17, 15) is 18.5 Å². The van der Waals surface area contributed by atoms with Crippen LogP contribution in [0.25, 0.3) is 6.08 Å². The van der Waals surface area contributed by atoms with Gasteiger partial charge in [-0.15, -0.1) is 0 Å². The Hall–Kier alpha value is -3.36. The summed E-state index contributed by atoms with van der Waals surface area (Å²) in [5.74, 6) is -0.396. The molecule has 0 spiro atoms. The van der Waals surface area contributed by atoms with Gasteiger partial charge in [0.2, 0.25) is 0 Å². The van der Waals surface area contributed by atoms with E-state index in [1.54, 1.807) is 24.3 Å². The fraction of sp³-hybridized carbons (Fsp3) is 0.154. The minimum absolute atomic E-state index is 0.0137. The molecule has 0 aliphatic heterocycles. The van der Waals surface area contributed by atoms with Crippen LogP contribution in [0.4, 0.5) is 5.69 Å². The van der Waals surface area contributed by atoms with Crippen LogP contribution in [-0.2, 0) is 14.9 Å². The lowest BCUT2D eigenvalue weighted by atomic mass is 10.1. The van der Waals surface area contributed by atoms with Gasteiger partial charge in [-0.25, -0.2) is 0 Å². The Bertz CT molecular complexity index is 1460. The normalized spacial score (nSPS) is 11.5. The van der Waals surface area contributed by atoms with Crippen LogP contribution in [0.5, 0.6) is 11.5 Å². The Kier molecular flexibility index (Phi) is 8.19. The van der Waals surface area contributed by atoms with E-state index >= 15 is 0 Å². The Morgan fingerprint density at radius 1 is 1.09 bits per heavy atom. The van der Waals surface area contributed by atoms with Crippen molar-refractivity contribution in [2.45, 2.75) is 25.7 Å². The van der Waals surface area contributed by atoms with Gasteiger partial charge in [0.1, 0.15) is 16.5 Å². The van der Waals surface area contributed by atoms with E-state index < -0.39 is 16.0 Å². The van der Waals surface area contributed by atoms with Gasteiger partial charge in [0.25, 0.3) is 5.91 Å². The van der Waals surface area contributed by atoms with Crippen molar-refractivity contribution < 1.29 is 22.1 Å². The molecule has 0 unspecified atom stereocenters. The van der Waals surface area contributed by atoms with Gasteiger partial charge in [-0.05, 0) is 96.5 Å². The van der Waals surface area contributed by atoms with Crippen LogP contribution in [0, 0.1) is 35.7 Å². The van der Waals surface area contributed by atoms with Gasteiger partial charge in [-0.3, -0.25) is 4.79 Å². The van der Waals surface area contributed by atoms with Crippen LogP contribution < -0.4 is 14.2 Å². The van der Waals surface area contributed by atoms with E-state index in [0.29, 0.717) is 14.8 Å². The molecule has 0 aromatic heterocycles. The monoisotopic (exact) mass is 602 g/mol. The van der Waals surface area contributed by atoms with Crippen molar-refractivity contribution in [1.82, 2.24) is 0 Å². The second-order valence-corrected chi connectivity index (χ2v) is 10.5. The molecule has 7 nitrogen and oxygen atoms in total. The predicted octanol–water partition coefficient (Wildman–Crippen LogP) is 5.54. The number of methoxy groups -OCH3 is 1. The zero-order chi connectivity index (χ0) is 25.8. The average molecular weight is 602 g/mol. The molecule has 1 N–H and O–H groups in total. The van der Waals surface area contributed by atoms with E-state index in [4.69, 9.17) is 8.92 Å². The molecular weight excluding hydrogens is 579 g/mol. The van der Waals surface area contributed by atoms with E-state index in [1.165, 1.54) is 31.4 Å². The van der Waals surface area contributed by atoms with Crippen LogP contribution in [-0.4, -0.2) is 21.4 Å². The van der Waals surface area contributed by atoms with E-state index in [1.807, 2.05) is 61.6 Å². The molecule has 1 amide bonds. The van der Waals surface area contributed by atoms with Crippen molar-refractivity contribution in [1.29, 1.82) is 5.26 Å². The van der Waals surface area contributed by atoms with Gasteiger partial charge in [-0.2, -0.15) is 13.7 Å². The number of rotatable bonds is 7. The number of benzene rings is 3. The number of halogens is 1. The Balaban J connectivity index is 1.92. The van der Waals surface area contributed by atoms with Crippen LogP contribution in [0.3, 0.4) is 0 Å². The highest BCUT2D eigenvalue weighted by Gasteiger charge is 2.22. The van der Waals surface area contributed by atoms with Crippen LogP contribution >= 0.6 is 22.6 Å². The van der Waals surface area contributed by atoms with Crippen molar-refractivity contribution in [2.75, 3.05) is 12.4 Å². The SMILES string of the molecule is COc1cc(/C=C(\C#N)C(=O)Nc2cccc(C)c2C)cc(I)c1OS(=O)(=O)c1ccc(C)cc1. The Morgan fingerprint density at radius 2 is 1.77 bits per heavy atom. The maximum Gasteiger partial charge on any atom is 0.339 e. The first-order valence-corrected chi connectivity index (χ1v) is 12.9. The predicted molar refractivity (Wildman–Crippen MR) is 143 cm³/mol. The number of hydrogen-bond acceptors (Lipinski definition) is 6. The lowest BCUT2D eigenvalue weighted by molar-refractivity contribution is -0.112. The summed E-state index contributed by atoms with van der Waals surface area (Å²) in [6.45, 7) is 5.67. The molecule has 9 heteroatoms. The molecule has 3 aromatic carbocycles. The minimum Gasteiger partial charge on any atom is -0.493 e. The fourth-order valence-electron chi connectivity index (χ4n) is 3.16. The number of amides is 1. The number of ether oxygens (including phenoxy) is 1. The van der Waals surface area contributed by atoms with Crippen molar-refractivity contribution >= 4 is 50.4 Å². The highest BCUT2D eigenvalue weighted by atomic mass is 127. The third-order valence-electron chi connectivity index (χ3n) is 5.28. The third-order valence-corrected chi connectivity index (χ3v) is 7.32. The molecule has 0 radical (unpaired) electrons. The summed E-state index contributed by atoms with van der Waals surface area (Å²) < 4.78 is 36.7. The second kappa shape index (κ2) is 10.9. The third kappa shape index (κ3) is 6.21. The van der Waals surface area contributed by atoms with Crippen molar-refractivity contribution in [3.8, 4) is 17.6 Å². The first-order chi connectivity index (χ1) is 16.6. The first-order valence-electron chi connectivity index (χ1n) is 10.4. The molecule has 35 heavy (non-hydrogen) atoms. The lowest BCUT2D eigenvalue weighted by Crippen LogP contribution is -2.14. The summed E-state index contributed by atoms with van der Waals surface area (Å²) in [6.07, 6.45) is 1.41. The molecule has 0 aliphatic carbocycles. The van der Waals surface area contributed by atoms with Gasteiger partial charge in [0.05, 0.1) is 10.7 Å². The zero-order valence-electron chi connectivity index (χ0n) is 19.5. The Morgan fingerprint density at radius 3 is 2.40 bits per heavy atom. The van der Waals surface area contributed by atoms with Gasteiger partial charge in [0, 0.05) is 5.69 Å². The van der Waals surface area contributed by atoms with Gasteiger partial charge < -0.3 is 14.2 Å². The van der Waals surface area contributed by atoms with Gasteiger partial charge in [0.15, 0.2) is 11.5 Å². The summed E-state index contributed by atoms with van der Waals surface area (Å²) in [4.78, 5) is 12.8. The molecule has 3 aromatic rings. The van der Waals surface area contributed by atoms with Crippen molar-refractivity contribution in [3.05, 3.63) is 86.0 Å². The summed E-state index contributed by atoms with van der Waals surface area (Å²) >= 11 is 1.92. The largest absolute Gasteiger partial charge is 0.493 e. The van der Waals surface area contributed by atoms with Crippen molar-refractivity contribution in [2.24, 2.45) is 0 Å². The number of carbonyl (C=O) groups is 1. The number of anilines is 1. The summed E-state index contributed by atoms with van der Waals surface area (Å²) in [7, 11) is -2.72. The summed E-state index contributed by atoms with van der Waals surface area (Å²) in [6, 6.07) is 16.8. The lowest BCUT2D eigenvalue weighted by Gasteiger charge is -2.14. The van der Waals surface area contributed by atoms with E-state index in [2.05, 4.69) is 5.32 Å². The molecule has 0 saturated carbocycles. The Labute approximate surface area is 218 Å². The quantitative estimate of drug-likeness (QED) is 0.165. The number of nitrogens with one attached hydrogen (secondary N) is 1. The number of hydrogen-bond donors (Lipinski definition) is 1. The smallest absolute Gasteiger partial charge is 0.339 e. The summed E-state index contributed by atoms with van der Waals surface area (Å²) in [5, 5.41) is 12.4. The molecule has 0 bridgehead atoms. The van der Waals surface area contributed by atoms with Crippen LogP contribution in [0.1, 0.15) is 22.3 Å². The van der Waals surface area contributed by atoms with Crippen LogP contribution in [0.2, 0.25) is 0 Å². The topological polar surface area (TPSA) is 105 Å². The first kappa shape index (κ1) is 26.2. The number of aryl methyl sites for hydroxylation is 2. The number of nitrogens with zero attached hydrogens (tertiary/aromatic N) is 1. The molecule has 0 heterocycles. The molecular formula is C26H23IN2O5S. The minimum atomic E-state index is -4.10. The molecule has 0 atom stereocenters. The highest BCUT2D eigenvalue weighted by Crippen LogP contribution is 2.36. The maximum atomic E-state index is 12.8.